The lowest BCUT2D eigenvalue weighted by Crippen LogP contribution is -2.49. The Hall–Kier alpha value is -1.83. The molecular formula is C12H19N3O4. The number of nitrogens with two attached hydrogens (primary N) is 1. The molecule has 19 heavy (non-hydrogen) atoms. The van der Waals surface area contributed by atoms with Gasteiger partial charge in [0, 0.05) is 12.6 Å². The van der Waals surface area contributed by atoms with Gasteiger partial charge in [-0.05, 0) is 18.2 Å². The van der Waals surface area contributed by atoms with Crippen LogP contribution >= 0.6 is 0 Å². The van der Waals surface area contributed by atoms with Crippen LogP contribution in [0.1, 0.15) is 10.4 Å². The molecule has 0 spiro atoms. The fraction of sp³-hybridized carbons (Fsp3) is 0.417. The monoisotopic (exact) mass is 269 g/mol. The summed E-state index contributed by atoms with van der Waals surface area (Å²) in [4.78, 5) is 11.4. The molecule has 0 bridgehead atoms. The Labute approximate surface area is 111 Å². The summed E-state index contributed by atoms with van der Waals surface area (Å²) in [5.41, 5.74) is 5.63. The molecule has 0 atom stereocenters. The summed E-state index contributed by atoms with van der Waals surface area (Å²) in [6, 6.07) is 4.57. The molecule has 7 heteroatoms. The smallest absolute Gasteiger partial charge is 0.251 e. The zero-order valence-corrected chi connectivity index (χ0v) is 10.7. The number of amides is 1. The van der Waals surface area contributed by atoms with E-state index in [1.165, 1.54) is 13.1 Å². The zero-order chi connectivity index (χ0) is 14.5. The fourth-order valence-electron chi connectivity index (χ4n) is 1.52. The Kier molecular flexibility index (Phi) is 5.11. The van der Waals surface area contributed by atoms with Crippen molar-refractivity contribution < 1.29 is 20.1 Å². The second kappa shape index (κ2) is 6.37. The van der Waals surface area contributed by atoms with Crippen LogP contribution < -0.4 is 16.4 Å². The number of nitrogens with one attached hydrogen (secondary N) is 2. The van der Waals surface area contributed by atoms with E-state index in [0.29, 0.717) is 11.3 Å². The summed E-state index contributed by atoms with van der Waals surface area (Å²) in [6.07, 6.45) is 0. The molecule has 0 aliphatic heterocycles. The average molecular weight is 269 g/mol. The third-order valence-corrected chi connectivity index (χ3v) is 2.85. The van der Waals surface area contributed by atoms with Crippen LogP contribution in [-0.2, 0) is 0 Å². The molecule has 0 aromatic heterocycles. The normalized spacial score (nSPS) is 11.2. The number of carbonyl (C=O) groups is 1. The molecule has 0 saturated heterocycles. The first-order chi connectivity index (χ1) is 9.01. The van der Waals surface area contributed by atoms with Gasteiger partial charge in [-0.1, -0.05) is 0 Å². The van der Waals surface area contributed by atoms with E-state index in [1.54, 1.807) is 12.1 Å². The van der Waals surface area contributed by atoms with E-state index in [1.807, 2.05) is 0 Å². The number of anilines is 2. The molecule has 1 aromatic rings. The van der Waals surface area contributed by atoms with Gasteiger partial charge < -0.3 is 31.7 Å². The van der Waals surface area contributed by atoms with Crippen LogP contribution in [0.2, 0.25) is 0 Å². The number of hydrogen-bond donors (Lipinski definition) is 6. The van der Waals surface area contributed by atoms with Crippen LogP contribution in [-0.4, -0.2) is 53.6 Å². The molecule has 1 rings (SSSR count). The summed E-state index contributed by atoms with van der Waals surface area (Å²) in [7, 11) is 1.51. The number of aliphatic hydroxyl groups excluding tert-OH is 3. The van der Waals surface area contributed by atoms with Crippen molar-refractivity contribution in [3.05, 3.63) is 23.8 Å². The predicted molar refractivity (Wildman–Crippen MR) is 71.9 cm³/mol. The first-order valence-corrected chi connectivity index (χ1v) is 5.74. The van der Waals surface area contributed by atoms with Crippen molar-refractivity contribution in [2.45, 2.75) is 5.54 Å². The molecule has 0 radical (unpaired) electrons. The van der Waals surface area contributed by atoms with Crippen LogP contribution in [0.25, 0.3) is 0 Å². The second-order valence-corrected chi connectivity index (χ2v) is 4.26. The minimum atomic E-state index is -1.26. The quantitative estimate of drug-likeness (QED) is 0.358. The Bertz CT molecular complexity index is 438. The van der Waals surface area contributed by atoms with Gasteiger partial charge >= 0.3 is 0 Å². The SMILES string of the molecule is CNC(=O)c1ccc(NC(CO)(CO)CO)c(N)c1. The number of carbonyl (C=O) groups excluding carboxylic acids is 1. The molecule has 0 saturated carbocycles. The second-order valence-electron chi connectivity index (χ2n) is 4.26. The minimum Gasteiger partial charge on any atom is -0.397 e. The van der Waals surface area contributed by atoms with Crippen LogP contribution in [0.15, 0.2) is 18.2 Å². The van der Waals surface area contributed by atoms with Gasteiger partial charge in [0.1, 0.15) is 5.54 Å². The van der Waals surface area contributed by atoms with Gasteiger partial charge in [-0.2, -0.15) is 0 Å². The molecule has 1 amide bonds. The molecule has 7 nitrogen and oxygen atoms in total. The molecule has 106 valence electrons. The van der Waals surface area contributed by atoms with Gasteiger partial charge in [-0.15, -0.1) is 0 Å². The van der Waals surface area contributed by atoms with Gasteiger partial charge in [0.15, 0.2) is 0 Å². The topological polar surface area (TPSA) is 128 Å². The van der Waals surface area contributed by atoms with Gasteiger partial charge in [0.2, 0.25) is 0 Å². The van der Waals surface area contributed by atoms with Gasteiger partial charge in [0.25, 0.3) is 5.91 Å². The van der Waals surface area contributed by atoms with Crippen molar-refractivity contribution in [3.8, 4) is 0 Å². The zero-order valence-electron chi connectivity index (χ0n) is 10.7. The van der Waals surface area contributed by atoms with Crippen LogP contribution in [0, 0.1) is 0 Å². The lowest BCUT2D eigenvalue weighted by atomic mass is 10.0. The maximum absolute atomic E-state index is 11.4. The number of rotatable bonds is 6. The lowest BCUT2D eigenvalue weighted by molar-refractivity contribution is 0.0834. The highest BCUT2D eigenvalue weighted by atomic mass is 16.3. The van der Waals surface area contributed by atoms with E-state index in [-0.39, 0.29) is 11.6 Å². The van der Waals surface area contributed by atoms with Crippen molar-refractivity contribution in [1.29, 1.82) is 0 Å². The van der Waals surface area contributed by atoms with Crippen molar-refractivity contribution in [2.75, 3.05) is 37.9 Å². The van der Waals surface area contributed by atoms with Crippen molar-refractivity contribution in [2.24, 2.45) is 0 Å². The Morgan fingerprint density at radius 2 is 1.84 bits per heavy atom. The van der Waals surface area contributed by atoms with Gasteiger partial charge in [-0.3, -0.25) is 4.79 Å². The molecule has 0 heterocycles. The van der Waals surface area contributed by atoms with E-state index >= 15 is 0 Å². The van der Waals surface area contributed by atoms with Crippen molar-refractivity contribution in [3.63, 3.8) is 0 Å². The molecule has 0 aliphatic carbocycles. The van der Waals surface area contributed by atoms with E-state index < -0.39 is 25.4 Å². The number of nitrogen functional groups attached to an aromatic ring is 1. The maximum atomic E-state index is 11.4. The highest BCUT2D eigenvalue weighted by Gasteiger charge is 2.28. The first kappa shape index (κ1) is 15.2. The summed E-state index contributed by atoms with van der Waals surface area (Å²) in [5, 5.41) is 32.9. The highest BCUT2D eigenvalue weighted by molar-refractivity contribution is 5.95. The molecule has 1 aromatic carbocycles. The Morgan fingerprint density at radius 3 is 2.26 bits per heavy atom. The standard InChI is InChI=1S/C12H19N3O4/c1-14-11(19)8-2-3-10(9(13)4-8)15-12(5-16,6-17)7-18/h2-4,15-18H,5-7,13H2,1H3,(H,14,19). The maximum Gasteiger partial charge on any atom is 0.251 e. The summed E-state index contributed by atoms with van der Waals surface area (Å²) in [5.74, 6) is -0.268. The summed E-state index contributed by atoms with van der Waals surface area (Å²) >= 11 is 0. The van der Waals surface area contributed by atoms with E-state index in [9.17, 15) is 20.1 Å². The molecular weight excluding hydrogens is 250 g/mol. The third kappa shape index (κ3) is 3.34. The van der Waals surface area contributed by atoms with Crippen LogP contribution in [0.5, 0.6) is 0 Å². The van der Waals surface area contributed by atoms with Crippen LogP contribution in [0.3, 0.4) is 0 Å². The lowest BCUT2D eigenvalue weighted by Gasteiger charge is -2.30. The summed E-state index contributed by atoms with van der Waals surface area (Å²) < 4.78 is 0. The highest BCUT2D eigenvalue weighted by Crippen LogP contribution is 2.23. The minimum absolute atomic E-state index is 0.268. The molecule has 7 N–H and O–H groups in total. The Morgan fingerprint density at radius 1 is 1.26 bits per heavy atom. The van der Waals surface area contributed by atoms with E-state index in [4.69, 9.17) is 5.73 Å². The first-order valence-electron chi connectivity index (χ1n) is 5.74. The summed E-state index contributed by atoms with van der Waals surface area (Å²) in [6.45, 7) is -1.39. The largest absolute Gasteiger partial charge is 0.397 e. The number of benzene rings is 1. The van der Waals surface area contributed by atoms with E-state index in [2.05, 4.69) is 10.6 Å². The number of aliphatic hydroxyl groups is 3. The molecule has 0 aliphatic rings. The molecule has 0 fully saturated rings. The molecule has 0 unspecified atom stereocenters. The third-order valence-electron chi connectivity index (χ3n) is 2.85. The number of hydrogen-bond acceptors (Lipinski definition) is 6. The fourth-order valence-corrected chi connectivity index (χ4v) is 1.52. The van der Waals surface area contributed by atoms with Gasteiger partial charge in [-0.25, -0.2) is 0 Å². The Balaban J connectivity index is 3.00. The van der Waals surface area contributed by atoms with E-state index in [0.717, 1.165) is 0 Å². The van der Waals surface area contributed by atoms with Gasteiger partial charge in [0.05, 0.1) is 31.2 Å². The van der Waals surface area contributed by atoms with Crippen LogP contribution in [0.4, 0.5) is 11.4 Å². The predicted octanol–water partition coefficient (Wildman–Crippen LogP) is -1.24. The average Bonchev–Trinajstić information content (AvgIpc) is 2.45. The van der Waals surface area contributed by atoms with Crippen molar-refractivity contribution >= 4 is 17.3 Å². The van der Waals surface area contributed by atoms with Crippen molar-refractivity contribution in [1.82, 2.24) is 5.32 Å².